The van der Waals surface area contributed by atoms with Crippen molar-refractivity contribution in [3.05, 3.63) is 29.7 Å². The Morgan fingerprint density at radius 1 is 1.37 bits per heavy atom. The third kappa shape index (κ3) is 2.76. The zero-order valence-electron chi connectivity index (χ0n) is 11.7. The summed E-state index contributed by atoms with van der Waals surface area (Å²) >= 11 is 0. The molecule has 0 spiro atoms. The number of aryl methyl sites for hydroxylation is 1. The molecule has 1 aromatic heterocycles. The number of hydrogen-bond donors (Lipinski definition) is 1. The Kier molecular flexibility index (Phi) is 4.16. The molecular formula is C14H19N3O2. The normalized spacial score (nSPS) is 12.4. The number of hydrogen-bond acceptors (Lipinski definition) is 5. The summed E-state index contributed by atoms with van der Waals surface area (Å²) in [4.78, 5) is 0. The van der Waals surface area contributed by atoms with Crippen LogP contribution >= 0.6 is 0 Å². The summed E-state index contributed by atoms with van der Waals surface area (Å²) in [7, 11) is 3.53. The van der Waals surface area contributed by atoms with Gasteiger partial charge in [-0.25, -0.2) is 0 Å². The van der Waals surface area contributed by atoms with E-state index in [1.165, 1.54) is 0 Å². The number of benzene rings is 1. The third-order valence-corrected chi connectivity index (χ3v) is 3.15. The molecule has 0 bridgehead atoms. The number of nitrogens with zero attached hydrogens (tertiary/aromatic N) is 2. The molecule has 0 aliphatic rings. The SMILES string of the molecule is CCC(NC)c1nnc(-c2ccc(C)c(OC)c2)o1. The van der Waals surface area contributed by atoms with E-state index in [-0.39, 0.29) is 6.04 Å². The van der Waals surface area contributed by atoms with Gasteiger partial charge >= 0.3 is 0 Å². The van der Waals surface area contributed by atoms with Crippen LogP contribution in [0.2, 0.25) is 0 Å². The molecule has 5 heteroatoms. The second-order valence-corrected chi connectivity index (χ2v) is 4.38. The summed E-state index contributed by atoms with van der Waals surface area (Å²) in [6.45, 7) is 4.07. The van der Waals surface area contributed by atoms with Crippen molar-refractivity contribution in [2.24, 2.45) is 0 Å². The van der Waals surface area contributed by atoms with Gasteiger partial charge in [0.25, 0.3) is 0 Å². The van der Waals surface area contributed by atoms with Gasteiger partial charge in [-0.15, -0.1) is 10.2 Å². The lowest BCUT2D eigenvalue weighted by molar-refractivity contribution is 0.409. The van der Waals surface area contributed by atoms with Crippen LogP contribution in [0, 0.1) is 6.92 Å². The van der Waals surface area contributed by atoms with Gasteiger partial charge in [0.15, 0.2) is 0 Å². The molecule has 0 radical (unpaired) electrons. The summed E-state index contributed by atoms with van der Waals surface area (Å²) in [6.07, 6.45) is 0.898. The van der Waals surface area contributed by atoms with Crippen LogP contribution < -0.4 is 10.1 Å². The molecule has 0 aliphatic carbocycles. The first kappa shape index (κ1) is 13.5. The summed E-state index contributed by atoms with van der Waals surface area (Å²) in [5, 5.41) is 11.3. The number of rotatable bonds is 5. The maximum atomic E-state index is 5.71. The van der Waals surface area contributed by atoms with Crippen molar-refractivity contribution in [2.45, 2.75) is 26.3 Å². The number of methoxy groups -OCH3 is 1. The van der Waals surface area contributed by atoms with E-state index in [1.807, 2.05) is 32.2 Å². The van der Waals surface area contributed by atoms with Crippen molar-refractivity contribution < 1.29 is 9.15 Å². The van der Waals surface area contributed by atoms with Crippen molar-refractivity contribution in [2.75, 3.05) is 14.2 Å². The highest BCUT2D eigenvalue weighted by Crippen LogP contribution is 2.27. The summed E-state index contributed by atoms with van der Waals surface area (Å²) in [5.41, 5.74) is 1.94. The van der Waals surface area contributed by atoms with Crippen LogP contribution in [0.4, 0.5) is 0 Å². The first-order chi connectivity index (χ1) is 9.19. The molecule has 0 amide bonds. The van der Waals surface area contributed by atoms with Crippen molar-refractivity contribution in [3.63, 3.8) is 0 Å². The predicted molar refractivity (Wildman–Crippen MR) is 73.1 cm³/mol. The van der Waals surface area contributed by atoms with Crippen molar-refractivity contribution in [1.82, 2.24) is 15.5 Å². The zero-order chi connectivity index (χ0) is 13.8. The second-order valence-electron chi connectivity index (χ2n) is 4.38. The molecule has 0 fully saturated rings. The molecule has 1 atom stereocenters. The summed E-state index contributed by atoms with van der Waals surface area (Å²) in [5.74, 6) is 1.94. The Balaban J connectivity index is 2.32. The van der Waals surface area contributed by atoms with E-state index in [2.05, 4.69) is 22.4 Å². The fraction of sp³-hybridized carbons (Fsp3) is 0.429. The lowest BCUT2D eigenvalue weighted by Crippen LogP contribution is -2.15. The van der Waals surface area contributed by atoms with Gasteiger partial charge in [-0.05, 0) is 38.1 Å². The van der Waals surface area contributed by atoms with E-state index in [0.717, 1.165) is 23.3 Å². The molecule has 1 unspecified atom stereocenters. The van der Waals surface area contributed by atoms with Crippen molar-refractivity contribution in [1.29, 1.82) is 0 Å². The van der Waals surface area contributed by atoms with Crippen LogP contribution in [0.1, 0.15) is 30.8 Å². The molecule has 1 aromatic carbocycles. The second kappa shape index (κ2) is 5.84. The molecule has 19 heavy (non-hydrogen) atoms. The van der Waals surface area contributed by atoms with Crippen LogP contribution in [0.25, 0.3) is 11.5 Å². The molecule has 2 rings (SSSR count). The Bertz CT molecular complexity index is 547. The fourth-order valence-corrected chi connectivity index (χ4v) is 1.95. The highest BCUT2D eigenvalue weighted by Gasteiger charge is 2.16. The minimum atomic E-state index is 0.0913. The van der Waals surface area contributed by atoms with Crippen LogP contribution in [0.5, 0.6) is 5.75 Å². The molecule has 0 aliphatic heterocycles. The maximum Gasteiger partial charge on any atom is 0.247 e. The van der Waals surface area contributed by atoms with Crippen LogP contribution in [0.15, 0.2) is 22.6 Å². The topological polar surface area (TPSA) is 60.2 Å². The molecule has 0 saturated heterocycles. The predicted octanol–water partition coefficient (Wildman–Crippen LogP) is 2.72. The number of aromatic nitrogens is 2. The van der Waals surface area contributed by atoms with Gasteiger partial charge in [-0.1, -0.05) is 13.0 Å². The van der Waals surface area contributed by atoms with Crippen LogP contribution in [0.3, 0.4) is 0 Å². The highest BCUT2D eigenvalue weighted by atomic mass is 16.5. The van der Waals surface area contributed by atoms with Gasteiger partial charge in [0.05, 0.1) is 13.2 Å². The van der Waals surface area contributed by atoms with Gasteiger partial charge in [-0.2, -0.15) is 0 Å². The van der Waals surface area contributed by atoms with Crippen molar-refractivity contribution in [3.8, 4) is 17.2 Å². The lowest BCUT2D eigenvalue weighted by Gasteiger charge is -2.07. The van der Waals surface area contributed by atoms with Gasteiger partial charge in [-0.3, -0.25) is 0 Å². The lowest BCUT2D eigenvalue weighted by atomic mass is 10.1. The van der Waals surface area contributed by atoms with Gasteiger partial charge < -0.3 is 14.5 Å². The average Bonchev–Trinajstić information content (AvgIpc) is 2.90. The van der Waals surface area contributed by atoms with E-state index in [9.17, 15) is 0 Å². The monoisotopic (exact) mass is 261 g/mol. The average molecular weight is 261 g/mol. The Morgan fingerprint density at radius 3 is 2.79 bits per heavy atom. The zero-order valence-corrected chi connectivity index (χ0v) is 11.7. The largest absolute Gasteiger partial charge is 0.496 e. The van der Waals surface area contributed by atoms with Crippen LogP contribution in [-0.2, 0) is 0 Å². The van der Waals surface area contributed by atoms with E-state index >= 15 is 0 Å². The highest BCUT2D eigenvalue weighted by molar-refractivity contribution is 5.57. The molecule has 2 aromatic rings. The quantitative estimate of drug-likeness (QED) is 0.896. The smallest absolute Gasteiger partial charge is 0.247 e. The van der Waals surface area contributed by atoms with E-state index in [1.54, 1.807) is 7.11 Å². The maximum absolute atomic E-state index is 5.71. The standard InChI is InChI=1S/C14H19N3O2/c1-5-11(15-3)14-17-16-13(19-14)10-7-6-9(2)12(8-10)18-4/h6-8,11,15H,5H2,1-4H3. The Morgan fingerprint density at radius 2 is 2.16 bits per heavy atom. The summed E-state index contributed by atoms with van der Waals surface area (Å²) in [6, 6.07) is 5.93. The van der Waals surface area contributed by atoms with E-state index in [0.29, 0.717) is 11.8 Å². The molecule has 1 N–H and O–H groups in total. The number of ether oxygens (including phenoxy) is 1. The van der Waals surface area contributed by atoms with E-state index in [4.69, 9.17) is 9.15 Å². The first-order valence-corrected chi connectivity index (χ1v) is 6.35. The van der Waals surface area contributed by atoms with Crippen molar-refractivity contribution >= 4 is 0 Å². The number of nitrogens with one attached hydrogen (secondary N) is 1. The van der Waals surface area contributed by atoms with Gasteiger partial charge in [0.2, 0.25) is 11.8 Å². The minimum Gasteiger partial charge on any atom is -0.496 e. The first-order valence-electron chi connectivity index (χ1n) is 6.35. The molecule has 5 nitrogen and oxygen atoms in total. The van der Waals surface area contributed by atoms with Gasteiger partial charge in [0.1, 0.15) is 5.75 Å². The summed E-state index contributed by atoms with van der Waals surface area (Å²) < 4.78 is 11.0. The van der Waals surface area contributed by atoms with E-state index < -0.39 is 0 Å². The van der Waals surface area contributed by atoms with Crippen LogP contribution in [-0.4, -0.2) is 24.4 Å². The molecule has 1 heterocycles. The minimum absolute atomic E-state index is 0.0913. The Labute approximate surface area is 113 Å². The third-order valence-electron chi connectivity index (χ3n) is 3.15. The molecular weight excluding hydrogens is 242 g/mol. The van der Waals surface area contributed by atoms with Gasteiger partial charge in [0, 0.05) is 5.56 Å². The molecule has 102 valence electrons. The Hall–Kier alpha value is -1.88. The fourth-order valence-electron chi connectivity index (χ4n) is 1.95. The molecule has 0 saturated carbocycles.